The van der Waals surface area contributed by atoms with Crippen LogP contribution in [0.1, 0.15) is 25.8 Å². The van der Waals surface area contributed by atoms with Gasteiger partial charge in [-0.15, -0.1) is 0 Å². The molecule has 0 unspecified atom stereocenters. The number of rotatable bonds is 8. The minimum absolute atomic E-state index is 0.178. The van der Waals surface area contributed by atoms with Crippen LogP contribution in [0.2, 0.25) is 0 Å². The van der Waals surface area contributed by atoms with E-state index in [0.29, 0.717) is 17.8 Å². The minimum Gasteiger partial charge on any atom is -0.361 e. The molecule has 0 spiro atoms. The van der Waals surface area contributed by atoms with Crippen molar-refractivity contribution in [1.82, 2.24) is 0 Å². The molecule has 0 amide bonds. The Hall–Kier alpha value is -2.53. The van der Waals surface area contributed by atoms with Crippen LogP contribution in [-0.4, -0.2) is 48.5 Å². The molecule has 0 aromatic heterocycles. The van der Waals surface area contributed by atoms with Gasteiger partial charge in [-0.05, 0) is 38.1 Å². The summed E-state index contributed by atoms with van der Waals surface area (Å²) in [6.07, 6.45) is 3.79. The van der Waals surface area contributed by atoms with E-state index < -0.39 is 25.7 Å². The van der Waals surface area contributed by atoms with Crippen LogP contribution in [-0.2, 0) is 25.7 Å². The second-order valence-corrected chi connectivity index (χ2v) is 10.8. The number of anilines is 1. The van der Waals surface area contributed by atoms with Gasteiger partial charge in [0.25, 0.3) is 20.2 Å². The first kappa shape index (κ1) is 23.1. The van der Waals surface area contributed by atoms with Gasteiger partial charge in [-0.1, -0.05) is 18.2 Å². The first-order valence-corrected chi connectivity index (χ1v) is 12.6. The molecule has 1 aliphatic rings. The highest BCUT2D eigenvalue weighted by Crippen LogP contribution is 2.41. The van der Waals surface area contributed by atoms with Gasteiger partial charge in [-0.3, -0.25) is 9.11 Å². The number of hydrogen-bond donors (Lipinski definition) is 3. The number of fused-ring (bicyclic) bond motifs is 1. The first-order valence-electron chi connectivity index (χ1n) is 9.60. The highest BCUT2D eigenvalue weighted by Gasteiger charge is 2.44. The molecule has 166 valence electrons. The maximum atomic E-state index is 11.6. The molecule has 1 aliphatic heterocycles. The summed E-state index contributed by atoms with van der Waals surface area (Å²) in [7, 11) is -8.47. The zero-order chi connectivity index (χ0) is 22.9. The van der Waals surface area contributed by atoms with Gasteiger partial charge in [0, 0.05) is 36.0 Å². The zero-order valence-corrected chi connectivity index (χ0v) is 18.8. The zero-order valence-electron chi connectivity index (χ0n) is 17.2. The van der Waals surface area contributed by atoms with E-state index in [1.165, 1.54) is 12.1 Å². The Balaban J connectivity index is 2.01. The number of allylic oxidation sites excluding steroid dienone is 1. The summed E-state index contributed by atoms with van der Waals surface area (Å²) in [5.41, 5.74) is 2.48. The predicted molar refractivity (Wildman–Crippen MR) is 119 cm³/mol. The van der Waals surface area contributed by atoms with E-state index in [4.69, 9.17) is 4.55 Å². The van der Waals surface area contributed by atoms with Gasteiger partial charge < -0.3 is 5.32 Å². The molecule has 0 fully saturated rings. The molecule has 2 aromatic carbocycles. The molecule has 0 radical (unpaired) electrons. The molecule has 1 heterocycles. The summed E-state index contributed by atoms with van der Waals surface area (Å²) >= 11 is 0. The van der Waals surface area contributed by atoms with Crippen molar-refractivity contribution < 1.29 is 30.5 Å². The Kier molecular flexibility index (Phi) is 6.38. The van der Waals surface area contributed by atoms with Crippen LogP contribution in [0.4, 0.5) is 11.4 Å². The Bertz CT molecular complexity index is 1250. The Morgan fingerprint density at radius 1 is 1.03 bits per heavy atom. The Morgan fingerprint density at radius 3 is 2.32 bits per heavy atom. The summed E-state index contributed by atoms with van der Waals surface area (Å²) in [4.78, 5) is -0.204. The number of nitrogens with zero attached hydrogens (tertiary/aromatic N) is 1. The monoisotopic (exact) mass is 465 g/mol. The van der Waals surface area contributed by atoms with Crippen molar-refractivity contribution in [2.24, 2.45) is 0 Å². The van der Waals surface area contributed by atoms with Crippen LogP contribution >= 0.6 is 0 Å². The van der Waals surface area contributed by atoms with Gasteiger partial charge in [-0.25, -0.2) is 0 Å². The largest absolute Gasteiger partial charge is 0.361 e. The molecular weight excluding hydrogens is 440 g/mol. The van der Waals surface area contributed by atoms with Crippen LogP contribution in [0, 0.1) is 0 Å². The smallest absolute Gasteiger partial charge is 0.294 e. The third kappa shape index (κ3) is 5.40. The van der Waals surface area contributed by atoms with Crippen LogP contribution in [0.3, 0.4) is 0 Å². The Morgan fingerprint density at radius 2 is 1.71 bits per heavy atom. The van der Waals surface area contributed by atoms with Crippen LogP contribution in [0.5, 0.6) is 0 Å². The highest BCUT2D eigenvalue weighted by molar-refractivity contribution is 7.86. The summed E-state index contributed by atoms with van der Waals surface area (Å²) in [5.74, 6) is -0.387. The summed E-state index contributed by atoms with van der Waals surface area (Å²) < 4.78 is 66.0. The van der Waals surface area contributed by atoms with Crippen molar-refractivity contribution in [1.29, 1.82) is 0 Å². The molecule has 0 bridgehead atoms. The molecular formula is C21H25N2O6S2+. The lowest BCUT2D eigenvalue weighted by molar-refractivity contribution is -0.437. The number of nitrogens with one attached hydrogen (secondary N) is 1. The van der Waals surface area contributed by atoms with Crippen LogP contribution < -0.4 is 5.32 Å². The lowest BCUT2D eigenvalue weighted by Crippen LogP contribution is -2.28. The van der Waals surface area contributed by atoms with E-state index >= 15 is 0 Å². The standard InChI is InChI=1S/C21H24N2O6S2/c1-21(2)18-15-17(31(27,28)29)9-10-19(18)23(13-6-14-30(24,25)26)20(21)11-12-22-16-7-4-3-5-8-16/h3-5,7-12,15H,6,13-14H2,1-2H3,(H2,24,25,26,27,28,29)/p+1. The Labute approximate surface area is 182 Å². The number of para-hydroxylation sites is 1. The van der Waals surface area contributed by atoms with Crippen molar-refractivity contribution >= 4 is 37.3 Å². The van der Waals surface area contributed by atoms with Gasteiger partial charge in [0.15, 0.2) is 5.71 Å². The lowest BCUT2D eigenvalue weighted by Gasteiger charge is -2.16. The molecule has 31 heavy (non-hydrogen) atoms. The van der Waals surface area contributed by atoms with Crippen molar-refractivity contribution in [3.8, 4) is 0 Å². The molecule has 3 N–H and O–H groups in total. The number of hydrogen-bond acceptors (Lipinski definition) is 5. The lowest BCUT2D eigenvalue weighted by atomic mass is 9.81. The summed E-state index contributed by atoms with van der Waals surface area (Å²) in [6, 6.07) is 13.9. The summed E-state index contributed by atoms with van der Waals surface area (Å²) in [6.45, 7) is 4.14. The van der Waals surface area contributed by atoms with Gasteiger partial charge in [0.2, 0.25) is 5.69 Å². The maximum Gasteiger partial charge on any atom is 0.294 e. The van der Waals surface area contributed by atoms with E-state index in [1.807, 2.05) is 54.8 Å². The van der Waals surface area contributed by atoms with Gasteiger partial charge in [0.05, 0.1) is 16.1 Å². The SMILES string of the molecule is CC1(C)C(/C=C/Nc2ccccc2)=[N+](CCCS(=O)(=O)O)c2ccc(S(=O)(=O)O)cc21. The van der Waals surface area contributed by atoms with Crippen LogP contribution in [0.15, 0.2) is 65.7 Å². The van der Waals surface area contributed by atoms with Crippen LogP contribution in [0.25, 0.3) is 0 Å². The fourth-order valence-corrected chi connectivity index (χ4v) is 4.71. The molecule has 0 atom stereocenters. The van der Waals surface area contributed by atoms with E-state index in [0.717, 1.165) is 11.4 Å². The van der Waals surface area contributed by atoms with Crippen molar-refractivity contribution in [3.63, 3.8) is 0 Å². The third-order valence-electron chi connectivity index (χ3n) is 5.21. The molecule has 0 aliphatic carbocycles. The average molecular weight is 466 g/mol. The molecule has 0 saturated heterocycles. The molecule has 8 nitrogen and oxygen atoms in total. The average Bonchev–Trinajstić information content (AvgIpc) is 2.88. The van der Waals surface area contributed by atoms with Gasteiger partial charge in [0.1, 0.15) is 6.54 Å². The second-order valence-electron chi connectivity index (χ2n) is 7.80. The number of benzene rings is 2. The van der Waals surface area contributed by atoms with Gasteiger partial charge >= 0.3 is 0 Å². The van der Waals surface area contributed by atoms with Crippen molar-refractivity contribution in [2.75, 3.05) is 17.6 Å². The minimum atomic E-state index is -4.37. The van der Waals surface area contributed by atoms with Crippen molar-refractivity contribution in [3.05, 3.63) is 66.4 Å². The van der Waals surface area contributed by atoms with Gasteiger partial charge in [-0.2, -0.15) is 21.4 Å². The second kappa shape index (κ2) is 8.54. The quantitative estimate of drug-likeness (QED) is 0.404. The topological polar surface area (TPSA) is 124 Å². The third-order valence-corrected chi connectivity index (χ3v) is 6.86. The molecule has 2 aromatic rings. The fraction of sp³-hybridized carbons (Fsp3) is 0.286. The predicted octanol–water partition coefficient (Wildman–Crippen LogP) is 3.21. The fourth-order valence-electron chi connectivity index (χ4n) is 3.71. The van der Waals surface area contributed by atoms with Crippen molar-refractivity contribution in [2.45, 2.75) is 30.6 Å². The molecule has 3 rings (SSSR count). The normalized spacial score (nSPS) is 16.0. The van der Waals surface area contributed by atoms with E-state index in [2.05, 4.69) is 5.32 Å². The highest BCUT2D eigenvalue weighted by atomic mass is 32.2. The van der Waals surface area contributed by atoms with E-state index in [1.54, 1.807) is 12.3 Å². The van der Waals surface area contributed by atoms with E-state index in [-0.39, 0.29) is 17.1 Å². The molecule has 0 saturated carbocycles. The first-order chi connectivity index (χ1) is 14.4. The molecule has 10 heteroatoms. The summed E-state index contributed by atoms with van der Waals surface area (Å²) in [5, 5.41) is 3.17. The van der Waals surface area contributed by atoms with E-state index in [9.17, 15) is 21.4 Å². The maximum absolute atomic E-state index is 11.6.